The van der Waals surface area contributed by atoms with E-state index in [2.05, 4.69) is 10.3 Å². The Kier molecular flexibility index (Phi) is 7.29. The van der Waals surface area contributed by atoms with Crippen molar-refractivity contribution in [2.24, 2.45) is 0 Å². The molecular weight excluding hydrogens is 479 g/mol. The molecule has 1 heterocycles. The summed E-state index contributed by atoms with van der Waals surface area (Å²) in [5, 5.41) is 3.48. The lowest BCUT2D eigenvalue weighted by molar-refractivity contribution is -0.137. The second-order valence-electron chi connectivity index (χ2n) is 8.53. The molecule has 2 N–H and O–H groups in total. The number of halogens is 3. The highest BCUT2D eigenvalue weighted by atomic mass is 19.4. The summed E-state index contributed by atoms with van der Waals surface area (Å²) in [7, 11) is 3.83. The van der Waals surface area contributed by atoms with Crippen LogP contribution < -0.4 is 15.8 Å². The largest absolute Gasteiger partial charge is 0.416 e. The molecule has 0 spiro atoms. The highest BCUT2D eigenvalue weighted by Crippen LogP contribution is 2.32. The monoisotopic (exact) mass is 503 g/mol. The van der Waals surface area contributed by atoms with Gasteiger partial charge in [0.05, 0.1) is 16.8 Å². The first-order chi connectivity index (χ1) is 17.6. The Hall–Kier alpha value is -4.59. The van der Waals surface area contributed by atoms with Gasteiger partial charge in [0.1, 0.15) is 0 Å². The fourth-order valence-corrected chi connectivity index (χ4v) is 3.84. The average Bonchev–Trinajstić information content (AvgIpc) is 2.86. The van der Waals surface area contributed by atoms with Gasteiger partial charge in [0.15, 0.2) is 0 Å². The van der Waals surface area contributed by atoms with Gasteiger partial charge in [0, 0.05) is 37.3 Å². The molecule has 0 radical (unpaired) electrons. The van der Waals surface area contributed by atoms with Crippen LogP contribution in [0, 0.1) is 0 Å². The molecule has 0 aliphatic carbocycles. The number of benzene rings is 3. The molecular formula is C29H24F3N3O2. The number of carbonyl (C=O) groups excluding carboxylic acids is 1. The van der Waals surface area contributed by atoms with Crippen LogP contribution in [0.25, 0.3) is 16.5 Å². The number of fused-ring (bicyclic) bond motifs is 1. The van der Waals surface area contributed by atoms with Crippen LogP contribution in [0.4, 0.5) is 24.5 Å². The van der Waals surface area contributed by atoms with E-state index in [1.54, 1.807) is 36.4 Å². The number of H-pyrrole nitrogens is 1. The van der Waals surface area contributed by atoms with Crippen molar-refractivity contribution < 1.29 is 18.0 Å². The van der Waals surface area contributed by atoms with Gasteiger partial charge in [-0.2, -0.15) is 13.2 Å². The van der Waals surface area contributed by atoms with E-state index in [0.717, 1.165) is 23.4 Å². The van der Waals surface area contributed by atoms with Crippen molar-refractivity contribution in [3.05, 3.63) is 124 Å². The molecule has 0 saturated carbocycles. The number of hydrogen-bond acceptors (Lipinski definition) is 3. The first kappa shape index (κ1) is 25.5. The summed E-state index contributed by atoms with van der Waals surface area (Å²) in [6, 6.07) is 20.7. The predicted molar refractivity (Wildman–Crippen MR) is 142 cm³/mol. The van der Waals surface area contributed by atoms with Crippen molar-refractivity contribution >= 4 is 33.8 Å². The average molecular weight is 504 g/mol. The molecule has 1 aromatic heterocycles. The summed E-state index contributed by atoms with van der Waals surface area (Å²) in [4.78, 5) is 28.8. The molecule has 0 unspecified atom stereocenters. The molecule has 4 rings (SSSR count). The number of hydrogen-bond donors (Lipinski definition) is 2. The zero-order valence-corrected chi connectivity index (χ0v) is 20.1. The van der Waals surface area contributed by atoms with Gasteiger partial charge < -0.3 is 15.2 Å². The summed E-state index contributed by atoms with van der Waals surface area (Å²) < 4.78 is 39.2. The molecule has 3 aromatic carbocycles. The van der Waals surface area contributed by atoms with Crippen LogP contribution >= 0.6 is 0 Å². The lowest BCUT2D eigenvalue weighted by atomic mass is 9.96. The van der Waals surface area contributed by atoms with Crippen molar-refractivity contribution in [3.63, 3.8) is 0 Å². The Morgan fingerprint density at radius 1 is 0.892 bits per heavy atom. The van der Waals surface area contributed by atoms with Crippen LogP contribution in [-0.4, -0.2) is 25.0 Å². The second kappa shape index (κ2) is 10.6. The molecule has 188 valence electrons. The quantitative estimate of drug-likeness (QED) is 0.242. The number of allylic oxidation sites excluding steroid dienone is 2. The Balaban J connectivity index is 1.63. The third-order valence-corrected chi connectivity index (χ3v) is 5.75. The number of pyridine rings is 1. The molecule has 0 saturated heterocycles. The zero-order chi connectivity index (χ0) is 26.6. The van der Waals surface area contributed by atoms with E-state index in [0.29, 0.717) is 27.7 Å². The van der Waals surface area contributed by atoms with Crippen LogP contribution in [-0.2, 0) is 11.0 Å². The van der Waals surface area contributed by atoms with Crippen molar-refractivity contribution in [1.29, 1.82) is 0 Å². The molecule has 0 aliphatic rings. The van der Waals surface area contributed by atoms with Crippen molar-refractivity contribution in [3.8, 4) is 0 Å². The van der Waals surface area contributed by atoms with Crippen molar-refractivity contribution in [2.45, 2.75) is 6.18 Å². The number of carbonyl (C=O) groups is 1. The summed E-state index contributed by atoms with van der Waals surface area (Å²) in [5.41, 5.74) is 3.16. The van der Waals surface area contributed by atoms with Gasteiger partial charge in [0.25, 0.3) is 0 Å². The SMILES string of the molecule is CN(C)c1ccc(/C(=C/C=C/C(=O)Nc2cccc3[nH]c(=O)ccc23)c2ccc(C(F)(F)F)cc2)cc1. The predicted octanol–water partition coefficient (Wildman–Crippen LogP) is 6.24. The number of nitrogens with one attached hydrogen (secondary N) is 2. The molecule has 5 nitrogen and oxygen atoms in total. The van der Waals surface area contributed by atoms with E-state index in [9.17, 15) is 22.8 Å². The number of nitrogens with zero attached hydrogens (tertiary/aromatic N) is 1. The number of amides is 1. The Morgan fingerprint density at radius 3 is 2.16 bits per heavy atom. The molecule has 8 heteroatoms. The first-order valence-electron chi connectivity index (χ1n) is 11.4. The lowest BCUT2D eigenvalue weighted by Gasteiger charge is -2.14. The topological polar surface area (TPSA) is 65.2 Å². The van der Waals surface area contributed by atoms with Crippen molar-refractivity contribution in [1.82, 2.24) is 4.98 Å². The molecule has 0 atom stereocenters. The Labute approximate surface area is 211 Å². The van der Waals surface area contributed by atoms with E-state index in [1.165, 1.54) is 24.3 Å². The normalized spacial score (nSPS) is 12.2. The van der Waals surface area contributed by atoms with Crippen LogP contribution in [0.1, 0.15) is 16.7 Å². The zero-order valence-electron chi connectivity index (χ0n) is 20.1. The van der Waals surface area contributed by atoms with Crippen molar-refractivity contribution in [2.75, 3.05) is 24.3 Å². The van der Waals surface area contributed by atoms with E-state index in [1.807, 2.05) is 43.3 Å². The van der Waals surface area contributed by atoms with Gasteiger partial charge in [-0.25, -0.2) is 0 Å². The van der Waals surface area contributed by atoms with E-state index >= 15 is 0 Å². The minimum absolute atomic E-state index is 0.240. The number of anilines is 2. The first-order valence-corrected chi connectivity index (χ1v) is 11.4. The summed E-state index contributed by atoms with van der Waals surface area (Å²) in [5.74, 6) is -0.398. The molecule has 4 aromatic rings. The van der Waals surface area contributed by atoms with E-state index in [4.69, 9.17) is 0 Å². The summed E-state index contributed by atoms with van der Waals surface area (Å²) in [6.07, 6.45) is 0.147. The van der Waals surface area contributed by atoms with Crippen LogP contribution in [0.3, 0.4) is 0 Å². The minimum atomic E-state index is -4.43. The maximum atomic E-state index is 13.1. The molecule has 0 bridgehead atoms. The van der Waals surface area contributed by atoms with Crippen LogP contribution in [0.15, 0.2) is 102 Å². The summed E-state index contributed by atoms with van der Waals surface area (Å²) in [6.45, 7) is 0. The number of alkyl halides is 3. The smallest absolute Gasteiger partial charge is 0.378 e. The third-order valence-electron chi connectivity index (χ3n) is 5.75. The summed E-state index contributed by atoms with van der Waals surface area (Å²) >= 11 is 0. The van der Waals surface area contributed by atoms with Gasteiger partial charge in [-0.1, -0.05) is 42.5 Å². The van der Waals surface area contributed by atoms with Crippen LogP contribution in [0.2, 0.25) is 0 Å². The maximum Gasteiger partial charge on any atom is 0.416 e. The van der Waals surface area contributed by atoms with E-state index in [-0.39, 0.29) is 5.56 Å². The van der Waals surface area contributed by atoms with Gasteiger partial charge in [-0.15, -0.1) is 0 Å². The van der Waals surface area contributed by atoms with Crippen LogP contribution in [0.5, 0.6) is 0 Å². The fraction of sp³-hybridized carbons (Fsp3) is 0.103. The highest BCUT2D eigenvalue weighted by molar-refractivity contribution is 6.05. The molecule has 37 heavy (non-hydrogen) atoms. The Bertz CT molecular complexity index is 1530. The maximum absolute atomic E-state index is 13.1. The second-order valence-corrected chi connectivity index (χ2v) is 8.53. The molecule has 0 aliphatic heterocycles. The third kappa shape index (κ3) is 6.16. The Morgan fingerprint density at radius 2 is 1.54 bits per heavy atom. The highest BCUT2D eigenvalue weighted by Gasteiger charge is 2.30. The number of rotatable bonds is 6. The van der Waals surface area contributed by atoms with Gasteiger partial charge in [-0.05, 0) is 59.2 Å². The number of aromatic amines is 1. The molecule has 0 fully saturated rings. The van der Waals surface area contributed by atoms with E-state index < -0.39 is 17.6 Å². The van der Waals surface area contributed by atoms with Gasteiger partial charge >= 0.3 is 6.18 Å². The standard InChI is InChI=1S/C29H24F3N3O2/c1-35(2)22-15-11-20(12-16-22)23(19-9-13-21(14-10-19)29(30,31)32)5-3-8-27(36)33-25-6-4-7-26-24(25)17-18-28(37)34-26/h3-18H,1-2H3,(H,33,36)(H,34,37)/b8-3+,23-5+. The number of aromatic nitrogens is 1. The van der Waals surface area contributed by atoms with Gasteiger partial charge in [-0.3, -0.25) is 9.59 Å². The van der Waals surface area contributed by atoms with Gasteiger partial charge in [0.2, 0.25) is 11.5 Å². The lowest BCUT2D eigenvalue weighted by Crippen LogP contribution is -2.09. The fourth-order valence-electron chi connectivity index (χ4n) is 3.84. The minimum Gasteiger partial charge on any atom is -0.378 e. The molecule has 1 amide bonds.